The van der Waals surface area contributed by atoms with Crippen LogP contribution in [0.3, 0.4) is 0 Å². The van der Waals surface area contributed by atoms with Crippen molar-refractivity contribution in [2.75, 3.05) is 11.6 Å². The van der Waals surface area contributed by atoms with Crippen molar-refractivity contribution in [3.8, 4) is 0 Å². The van der Waals surface area contributed by atoms with Gasteiger partial charge in [0.2, 0.25) is 6.43 Å². The van der Waals surface area contributed by atoms with Gasteiger partial charge in [-0.3, -0.25) is 9.48 Å². The molecule has 2 heterocycles. The molecule has 4 aliphatic carbocycles. The molecule has 4 fully saturated rings. The van der Waals surface area contributed by atoms with Crippen LogP contribution < -0.4 is 5.32 Å². The van der Waals surface area contributed by atoms with Gasteiger partial charge >= 0.3 is 6.18 Å². The van der Waals surface area contributed by atoms with Crippen LogP contribution in [-0.4, -0.2) is 37.6 Å². The van der Waals surface area contributed by atoms with Crippen LogP contribution in [0.1, 0.15) is 47.4 Å². The molecule has 4 aliphatic rings. The summed E-state index contributed by atoms with van der Waals surface area (Å²) in [5, 5.41) is 6.44. The maximum absolute atomic E-state index is 14.3. The third kappa shape index (κ3) is 3.87. The van der Waals surface area contributed by atoms with E-state index in [4.69, 9.17) is 4.78 Å². The van der Waals surface area contributed by atoms with Gasteiger partial charge in [-0.2, -0.15) is 18.3 Å². The largest absolute Gasteiger partial charge is 0.420 e. The molecule has 7 nitrogen and oxygen atoms in total. The van der Waals surface area contributed by atoms with E-state index in [0.717, 1.165) is 17.0 Å². The van der Waals surface area contributed by atoms with Crippen LogP contribution in [0.15, 0.2) is 23.4 Å². The number of rotatable bonds is 7. The molecule has 34 heavy (non-hydrogen) atoms. The second kappa shape index (κ2) is 7.46. The number of pyridine rings is 1. The quantitative estimate of drug-likeness (QED) is 0.542. The number of alkyl halides is 5. The molecule has 1 amide bonds. The molecule has 0 radical (unpaired) electrons. The summed E-state index contributed by atoms with van der Waals surface area (Å²) in [7, 11) is -3.22. The van der Waals surface area contributed by atoms with E-state index < -0.39 is 56.7 Å². The van der Waals surface area contributed by atoms with Gasteiger partial charge in [0.1, 0.15) is 16.3 Å². The van der Waals surface area contributed by atoms with Crippen molar-refractivity contribution in [3.05, 3.63) is 35.3 Å². The Kier molecular flexibility index (Phi) is 5.09. The lowest BCUT2D eigenvalue weighted by Gasteiger charge is -2.61. The Labute approximate surface area is 192 Å². The van der Waals surface area contributed by atoms with Crippen molar-refractivity contribution in [1.29, 1.82) is 4.78 Å². The number of hydrogen-bond donors (Lipinski definition) is 2. The zero-order valence-electron chi connectivity index (χ0n) is 18.0. The number of aromatic nitrogens is 3. The highest BCUT2D eigenvalue weighted by molar-refractivity contribution is 7.91. The summed E-state index contributed by atoms with van der Waals surface area (Å²) in [4.78, 5) is 17.0. The van der Waals surface area contributed by atoms with Crippen LogP contribution in [0.25, 0.3) is 0 Å². The Morgan fingerprint density at radius 2 is 2.03 bits per heavy atom. The van der Waals surface area contributed by atoms with Crippen LogP contribution >= 0.6 is 0 Å². The molecule has 0 aliphatic heterocycles. The minimum absolute atomic E-state index is 0.0154. The highest BCUT2D eigenvalue weighted by atomic mass is 32.2. The first kappa shape index (κ1) is 23.2. The van der Waals surface area contributed by atoms with E-state index in [1.807, 2.05) is 0 Å². The van der Waals surface area contributed by atoms with E-state index in [1.54, 1.807) is 0 Å². The van der Waals surface area contributed by atoms with E-state index in [-0.39, 0.29) is 29.4 Å². The molecule has 13 heteroatoms. The molecule has 2 unspecified atom stereocenters. The SMILES string of the molecule is CS(=N)(=O)c1cc(NC(=O)c2c(C(F)(F)F)c(C34CC(C3)C4)nn2CC2C[C@@H]2C(F)F)ccn1. The first-order chi connectivity index (χ1) is 15.8. The number of nitrogens with one attached hydrogen (secondary N) is 2. The van der Waals surface area contributed by atoms with Gasteiger partial charge in [0.15, 0.2) is 0 Å². The van der Waals surface area contributed by atoms with Crippen molar-refractivity contribution in [1.82, 2.24) is 14.8 Å². The monoisotopic (exact) mass is 503 g/mol. The predicted molar refractivity (Wildman–Crippen MR) is 111 cm³/mol. The van der Waals surface area contributed by atoms with Crippen LogP contribution in [0.4, 0.5) is 27.6 Å². The Hall–Kier alpha value is -2.57. The fraction of sp³-hybridized carbons (Fsp3) is 0.571. The fourth-order valence-electron chi connectivity index (χ4n) is 5.14. The highest BCUT2D eigenvalue weighted by Gasteiger charge is 2.62. The number of hydrogen-bond acceptors (Lipinski definition) is 5. The minimum atomic E-state index is -4.87. The summed E-state index contributed by atoms with van der Waals surface area (Å²) < 4.78 is 89.5. The van der Waals surface area contributed by atoms with E-state index in [2.05, 4.69) is 15.4 Å². The maximum atomic E-state index is 14.3. The normalized spacial score (nSPS) is 29.2. The number of carbonyl (C=O) groups is 1. The average molecular weight is 503 g/mol. The van der Waals surface area contributed by atoms with Crippen LogP contribution in [0, 0.1) is 22.5 Å². The molecular formula is C21H22F5N5O2S. The molecule has 3 atom stereocenters. The molecule has 184 valence electrons. The minimum Gasteiger partial charge on any atom is -0.320 e. The number of amides is 1. The smallest absolute Gasteiger partial charge is 0.320 e. The van der Waals surface area contributed by atoms with Crippen molar-refractivity contribution in [2.24, 2.45) is 17.8 Å². The molecule has 0 spiro atoms. The van der Waals surface area contributed by atoms with E-state index in [1.165, 1.54) is 12.3 Å². The van der Waals surface area contributed by atoms with Crippen molar-refractivity contribution >= 4 is 21.3 Å². The molecular weight excluding hydrogens is 481 g/mol. The van der Waals surface area contributed by atoms with E-state index >= 15 is 0 Å². The zero-order valence-corrected chi connectivity index (χ0v) is 18.8. The Morgan fingerprint density at radius 3 is 2.53 bits per heavy atom. The second-order valence-electron chi connectivity index (χ2n) is 9.69. The highest BCUT2D eigenvalue weighted by Crippen LogP contribution is 2.66. The molecule has 2 aromatic heterocycles. The number of nitrogens with zero attached hydrogens (tertiary/aromatic N) is 3. The van der Waals surface area contributed by atoms with Gasteiger partial charge in [0.25, 0.3) is 5.91 Å². The lowest BCUT2D eigenvalue weighted by Crippen LogP contribution is -2.56. The zero-order chi connectivity index (χ0) is 24.6. The van der Waals surface area contributed by atoms with Gasteiger partial charge in [-0.1, -0.05) is 0 Å². The second-order valence-corrected chi connectivity index (χ2v) is 11.8. The van der Waals surface area contributed by atoms with Gasteiger partial charge in [0, 0.05) is 36.0 Å². The van der Waals surface area contributed by atoms with Crippen LogP contribution in [-0.2, 0) is 27.9 Å². The fourth-order valence-corrected chi connectivity index (χ4v) is 5.75. The number of anilines is 1. The summed E-state index contributed by atoms with van der Waals surface area (Å²) in [6, 6.07) is 2.47. The van der Waals surface area contributed by atoms with Gasteiger partial charge in [-0.25, -0.2) is 22.8 Å². The van der Waals surface area contributed by atoms with E-state index in [9.17, 15) is 31.0 Å². The lowest BCUT2D eigenvalue weighted by molar-refractivity contribution is -0.142. The lowest BCUT2D eigenvalue weighted by atomic mass is 9.43. The molecule has 6 rings (SSSR count). The van der Waals surface area contributed by atoms with Gasteiger partial charge in [-0.15, -0.1) is 0 Å². The Morgan fingerprint density at radius 1 is 1.35 bits per heavy atom. The summed E-state index contributed by atoms with van der Waals surface area (Å²) >= 11 is 0. The molecule has 2 bridgehead atoms. The third-order valence-electron chi connectivity index (χ3n) is 7.09. The van der Waals surface area contributed by atoms with Gasteiger partial charge in [-0.05, 0) is 49.7 Å². The van der Waals surface area contributed by atoms with Crippen molar-refractivity contribution < 1.29 is 31.0 Å². The average Bonchev–Trinajstić information content (AvgIpc) is 3.30. The van der Waals surface area contributed by atoms with Crippen molar-refractivity contribution in [3.63, 3.8) is 0 Å². The van der Waals surface area contributed by atoms with Crippen LogP contribution in [0.5, 0.6) is 0 Å². The first-order valence-electron chi connectivity index (χ1n) is 10.8. The Balaban J connectivity index is 1.55. The summed E-state index contributed by atoms with van der Waals surface area (Å²) in [5.74, 6) is -2.23. The van der Waals surface area contributed by atoms with Crippen LogP contribution in [0.2, 0.25) is 0 Å². The predicted octanol–water partition coefficient (Wildman–Crippen LogP) is 4.54. The summed E-state index contributed by atoms with van der Waals surface area (Å²) in [5.41, 5.74) is -2.72. The summed E-state index contributed by atoms with van der Waals surface area (Å²) in [6.07, 6.45) is -3.27. The van der Waals surface area contributed by atoms with E-state index in [0.29, 0.717) is 25.2 Å². The third-order valence-corrected chi connectivity index (χ3v) is 8.11. The standard InChI is InChI=1S/C21H22F5N5O2S/c1-34(27,33)14-5-12(2-3-28-14)29-19(32)16-15(21(24,25)26)17(20-6-10(7-20)8-20)30-31(16)9-11-4-13(11)18(22)23/h2-3,5,10-11,13,18,27H,4,6-9H2,1H3,(H,28,29,32)/t10?,11?,13-,20?,34?/m0/s1. The molecule has 0 aromatic carbocycles. The molecule has 2 N–H and O–H groups in total. The number of carbonyl (C=O) groups excluding carboxylic acids is 1. The number of halogens is 5. The van der Waals surface area contributed by atoms with Gasteiger partial charge in [0.05, 0.1) is 15.4 Å². The maximum Gasteiger partial charge on any atom is 0.420 e. The first-order valence-corrected chi connectivity index (χ1v) is 12.7. The Bertz CT molecular complexity index is 1260. The molecule has 2 aromatic rings. The molecule has 0 saturated heterocycles. The van der Waals surface area contributed by atoms with Gasteiger partial charge < -0.3 is 5.32 Å². The molecule has 4 saturated carbocycles. The summed E-state index contributed by atoms with van der Waals surface area (Å²) in [6.45, 7) is -0.211. The van der Waals surface area contributed by atoms with Crippen molar-refractivity contribution in [2.45, 2.75) is 55.3 Å². The topological polar surface area (TPSA) is 101 Å².